The molecule has 1 aromatic rings. The van der Waals surface area contributed by atoms with Gasteiger partial charge in [0.25, 0.3) is 0 Å². The third-order valence-corrected chi connectivity index (χ3v) is 5.19. The van der Waals surface area contributed by atoms with E-state index in [1.807, 2.05) is 27.7 Å². The summed E-state index contributed by atoms with van der Waals surface area (Å²) in [6.45, 7) is 11.5. The normalized spacial score (nSPS) is 12.3. The number of aryl methyl sites for hydroxylation is 1. The van der Waals surface area contributed by atoms with Crippen LogP contribution in [-0.4, -0.2) is 43.9 Å². The summed E-state index contributed by atoms with van der Waals surface area (Å²) in [7, 11) is -3.74. The van der Waals surface area contributed by atoms with Crippen LogP contribution in [0, 0.1) is 6.92 Å². The van der Waals surface area contributed by atoms with E-state index in [1.54, 1.807) is 26.0 Å². The molecule has 1 rings (SSSR count). The lowest BCUT2D eigenvalue weighted by atomic mass is 10.1. The summed E-state index contributed by atoms with van der Waals surface area (Å²) < 4.78 is 32.2. The predicted molar refractivity (Wildman–Crippen MR) is 94.7 cm³/mol. The molecular weight excluding hydrogens is 328 g/mol. The van der Waals surface area contributed by atoms with Crippen LogP contribution >= 0.6 is 0 Å². The van der Waals surface area contributed by atoms with E-state index in [1.165, 1.54) is 10.4 Å². The number of nitrogens with zero attached hydrogens (tertiary/aromatic N) is 1. The van der Waals surface area contributed by atoms with Crippen LogP contribution in [-0.2, 0) is 14.8 Å². The van der Waals surface area contributed by atoms with Crippen LogP contribution in [0.1, 0.15) is 40.2 Å². The van der Waals surface area contributed by atoms with Gasteiger partial charge in [-0.1, -0.05) is 6.92 Å². The minimum Gasteiger partial charge on any atom is -0.494 e. The molecule has 136 valence electrons. The van der Waals surface area contributed by atoms with Gasteiger partial charge >= 0.3 is 0 Å². The summed E-state index contributed by atoms with van der Waals surface area (Å²) in [5, 5.41) is 2.78. The zero-order chi connectivity index (χ0) is 18.5. The zero-order valence-corrected chi connectivity index (χ0v) is 16.2. The molecule has 0 radical (unpaired) electrons. The number of rotatable bonds is 7. The second kappa shape index (κ2) is 7.98. The second-order valence-electron chi connectivity index (χ2n) is 6.59. The molecule has 0 aliphatic rings. The monoisotopic (exact) mass is 356 g/mol. The lowest BCUT2D eigenvalue weighted by Gasteiger charge is -2.25. The number of likely N-dealkylation sites (N-methyl/N-ethyl adjacent to an activating group) is 1. The van der Waals surface area contributed by atoms with Crippen LogP contribution in [0.25, 0.3) is 0 Å². The van der Waals surface area contributed by atoms with Gasteiger partial charge in [-0.2, -0.15) is 4.31 Å². The third-order valence-electron chi connectivity index (χ3n) is 3.27. The molecule has 0 heterocycles. The van der Waals surface area contributed by atoms with Gasteiger partial charge < -0.3 is 10.1 Å². The van der Waals surface area contributed by atoms with Crippen LogP contribution in [0.15, 0.2) is 23.1 Å². The number of benzene rings is 1. The standard InChI is InChI=1S/C17H28N2O4S/c1-7-19(12-16(20)18-17(4,5)6)24(21,22)14-9-10-15(23-8-2)13(3)11-14/h9-11H,7-8,12H2,1-6H3,(H,18,20). The fourth-order valence-electron chi connectivity index (χ4n) is 2.23. The molecule has 0 aromatic heterocycles. The maximum Gasteiger partial charge on any atom is 0.243 e. The molecule has 0 spiro atoms. The Morgan fingerprint density at radius 2 is 1.88 bits per heavy atom. The summed E-state index contributed by atoms with van der Waals surface area (Å²) in [6, 6.07) is 4.73. The number of ether oxygens (including phenoxy) is 1. The second-order valence-corrected chi connectivity index (χ2v) is 8.53. The average Bonchev–Trinajstić information content (AvgIpc) is 2.45. The minimum absolute atomic E-state index is 0.161. The molecule has 0 saturated heterocycles. The molecule has 0 bridgehead atoms. The van der Waals surface area contributed by atoms with Crippen molar-refractivity contribution in [1.82, 2.24) is 9.62 Å². The summed E-state index contributed by atoms with van der Waals surface area (Å²) in [5.74, 6) is 0.334. The van der Waals surface area contributed by atoms with Crippen molar-refractivity contribution in [3.05, 3.63) is 23.8 Å². The van der Waals surface area contributed by atoms with E-state index < -0.39 is 15.6 Å². The Kier molecular flexibility index (Phi) is 6.80. The van der Waals surface area contributed by atoms with Gasteiger partial charge in [0.1, 0.15) is 5.75 Å². The molecule has 24 heavy (non-hydrogen) atoms. The van der Waals surface area contributed by atoms with E-state index in [0.29, 0.717) is 12.4 Å². The first-order valence-corrected chi connectivity index (χ1v) is 9.50. The fraction of sp³-hybridized carbons (Fsp3) is 0.588. The lowest BCUT2D eigenvalue weighted by molar-refractivity contribution is -0.122. The maximum absolute atomic E-state index is 12.8. The first kappa shape index (κ1) is 20.4. The molecule has 0 atom stereocenters. The van der Waals surface area contributed by atoms with Crippen molar-refractivity contribution in [2.24, 2.45) is 0 Å². The topological polar surface area (TPSA) is 75.7 Å². The van der Waals surface area contributed by atoms with Crippen LogP contribution in [0.2, 0.25) is 0 Å². The van der Waals surface area contributed by atoms with Crippen molar-refractivity contribution >= 4 is 15.9 Å². The summed E-state index contributed by atoms with van der Waals surface area (Å²) in [5.41, 5.74) is 0.337. The van der Waals surface area contributed by atoms with Crippen molar-refractivity contribution < 1.29 is 17.9 Å². The summed E-state index contributed by atoms with van der Waals surface area (Å²) in [6.07, 6.45) is 0. The SMILES string of the molecule is CCOc1ccc(S(=O)(=O)N(CC)CC(=O)NC(C)(C)C)cc1C. The number of hydrogen-bond acceptors (Lipinski definition) is 4. The smallest absolute Gasteiger partial charge is 0.243 e. The van der Waals surface area contributed by atoms with Crippen molar-refractivity contribution in [3.8, 4) is 5.75 Å². The Bertz CT molecular complexity index is 678. The first-order chi connectivity index (χ1) is 11.0. The lowest BCUT2D eigenvalue weighted by Crippen LogP contribution is -2.47. The van der Waals surface area contributed by atoms with Crippen molar-refractivity contribution in [1.29, 1.82) is 0 Å². The number of carbonyl (C=O) groups excluding carboxylic acids is 1. The van der Waals surface area contributed by atoms with Gasteiger partial charge in [-0.15, -0.1) is 0 Å². The number of hydrogen-bond donors (Lipinski definition) is 1. The number of nitrogens with one attached hydrogen (secondary N) is 1. The van der Waals surface area contributed by atoms with Gasteiger partial charge in [-0.3, -0.25) is 4.79 Å². The van der Waals surface area contributed by atoms with E-state index >= 15 is 0 Å². The maximum atomic E-state index is 12.8. The van der Waals surface area contributed by atoms with Crippen LogP contribution in [0.4, 0.5) is 0 Å². The molecule has 1 aromatic carbocycles. The molecule has 0 saturated carbocycles. The largest absolute Gasteiger partial charge is 0.494 e. The summed E-state index contributed by atoms with van der Waals surface area (Å²) >= 11 is 0. The molecule has 7 heteroatoms. The summed E-state index contributed by atoms with van der Waals surface area (Å²) in [4.78, 5) is 12.2. The molecule has 1 amide bonds. The van der Waals surface area contributed by atoms with Gasteiger partial charge in [0, 0.05) is 12.1 Å². The van der Waals surface area contributed by atoms with Gasteiger partial charge in [-0.05, 0) is 58.4 Å². The van der Waals surface area contributed by atoms with Gasteiger partial charge in [0.15, 0.2) is 0 Å². The third kappa shape index (κ3) is 5.49. The Morgan fingerprint density at radius 3 is 2.33 bits per heavy atom. The Morgan fingerprint density at radius 1 is 1.25 bits per heavy atom. The average molecular weight is 356 g/mol. The number of amides is 1. The van der Waals surface area contributed by atoms with Crippen LogP contribution < -0.4 is 10.1 Å². The van der Waals surface area contributed by atoms with E-state index in [2.05, 4.69) is 5.32 Å². The Hall–Kier alpha value is -1.60. The molecule has 6 nitrogen and oxygen atoms in total. The van der Waals surface area contributed by atoms with Crippen molar-refractivity contribution in [2.75, 3.05) is 19.7 Å². The molecule has 0 aliphatic carbocycles. The highest BCUT2D eigenvalue weighted by molar-refractivity contribution is 7.89. The van der Waals surface area contributed by atoms with Gasteiger partial charge in [-0.25, -0.2) is 8.42 Å². The van der Waals surface area contributed by atoms with E-state index in [0.717, 1.165) is 5.56 Å². The zero-order valence-electron chi connectivity index (χ0n) is 15.3. The highest BCUT2D eigenvalue weighted by Crippen LogP contribution is 2.24. The molecule has 0 fully saturated rings. The fourth-order valence-corrected chi connectivity index (χ4v) is 3.72. The first-order valence-electron chi connectivity index (χ1n) is 8.06. The van der Waals surface area contributed by atoms with Gasteiger partial charge in [0.05, 0.1) is 18.0 Å². The van der Waals surface area contributed by atoms with E-state index in [-0.39, 0.29) is 23.9 Å². The quantitative estimate of drug-likeness (QED) is 0.813. The van der Waals surface area contributed by atoms with E-state index in [4.69, 9.17) is 4.74 Å². The van der Waals surface area contributed by atoms with Gasteiger partial charge in [0.2, 0.25) is 15.9 Å². The highest BCUT2D eigenvalue weighted by Gasteiger charge is 2.27. The molecule has 0 unspecified atom stereocenters. The molecule has 1 N–H and O–H groups in total. The number of sulfonamides is 1. The highest BCUT2D eigenvalue weighted by atomic mass is 32.2. The minimum atomic E-state index is -3.74. The van der Waals surface area contributed by atoms with Crippen molar-refractivity contribution in [2.45, 2.75) is 52.0 Å². The van der Waals surface area contributed by atoms with Crippen LogP contribution in [0.5, 0.6) is 5.75 Å². The Balaban J connectivity index is 3.03. The molecular formula is C17H28N2O4S. The van der Waals surface area contributed by atoms with Crippen molar-refractivity contribution in [3.63, 3.8) is 0 Å². The Labute approximate surface area is 145 Å². The van der Waals surface area contributed by atoms with E-state index in [9.17, 15) is 13.2 Å². The number of carbonyl (C=O) groups is 1. The molecule has 0 aliphatic heterocycles. The van der Waals surface area contributed by atoms with Crippen LogP contribution in [0.3, 0.4) is 0 Å². The predicted octanol–water partition coefficient (Wildman–Crippen LogP) is 2.32.